The summed E-state index contributed by atoms with van der Waals surface area (Å²) < 4.78 is 6.40. The number of halogens is 1. The van der Waals surface area contributed by atoms with Crippen LogP contribution >= 0.6 is 27.3 Å². The lowest BCUT2D eigenvalue weighted by atomic mass is 10.3. The van der Waals surface area contributed by atoms with E-state index in [0.29, 0.717) is 16.9 Å². The summed E-state index contributed by atoms with van der Waals surface area (Å²) in [5.41, 5.74) is -0.204. The summed E-state index contributed by atoms with van der Waals surface area (Å²) in [6.45, 7) is 2.07. The van der Waals surface area contributed by atoms with Crippen molar-refractivity contribution >= 4 is 43.3 Å². The Hall–Kier alpha value is -1.14. The first-order chi connectivity index (χ1) is 7.63. The number of hydrogen-bond acceptors (Lipinski definition) is 4. The predicted molar refractivity (Wildman–Crippen MR) is 66.1 cm³/mol. The third-order valence-corrected chi connectivity index (χ3v) is 4.04. The molecule has 2 aromatic heterocycles. The second kappa shape index (κ2) is 4.39. The molecule has 0 saturated carbocycles. The maximum Gasteiger partial charge on any atom is 0.348 e. The number of pyridine rings is 1. The monoisotopic (exact) mass is 301 g/mol. The standard InChI is InChI=1S/C10H8BrNO3S/c1-2-15-10(14)7-3-5-8(16-7)6(11)4-12-9(5)13/h3-4H,2H2,1H3,(H,12,13). The van der Waals surface area contributed by atoms with Crippen LogP contribution in [-0.4, -0.2) is 17.6 Å². The summed E-state index contributed by atoms with van der Waals surface area (Å²) in [7, 11) is 0. The smallest absolute Gasteiger partial charge is 0.348 e. The molecule has 0 aliphatic rings. The lowest BCUT2D eigenvalue weighted by molar-refractivity contribution is 0.0532. The van der Waals surface area contributed by atoms with Crippen molar-refractivity contribution in [1.29, 1.82) is 0 Å². The highest BCUT2D eigenvalue weighted by Gasteiger charge is 2.14. The number of ether oxygens (including phenoxy) is 1. The fourth-order valence-corrected chi connectivity index (χ4v) is 2.84. The number of hydrogen-bond donors (Lipinski definition) is 1. The van der Waals surface area contributed by atoms with Crippen LogP contribution in [-0.2, 0) is 4.74 Å². The Kier molecular flexibility index (Phi) is 3.11. The maximum atomic E-state index is 11.5. The number of nitrogens with one attached hydrogen (secondary N) is 1. The third kappa shape index (κ3) is 1.90. The van der Waals surface area contributed by atoms with Crippen LogP contribution in [0.15, 0.2) is 21.5 Å². The Morgan fingerprint density at radius 3 is 3.00 bits per heavy atom. The Morgan fingerprint density at radius 1 is 1.62 bits per heavy atom. The van der Waals surface area contributed by atoms with Crippen molar-refractivity contribution in [3.05, 3.63) is 32.0 Å². The van der Waals surface area contributed by atoms with Crippen LogP contribution in [0.4, 0.5) is 0 Å². The van der Waals surface area contributed by atoms with Gasteiger partial charge in [-0.25, -0.2) is 4.79 Å². The SMILES string of the molecule is CCOC(=O)c1cc2c(=O)[nH]cc(Br)c2s1. The Balaban J connectivity index is 2.60. The molecule has 0 aliphatic heterocycles. The summed E-state index contributed by atoms with van der Waals surface area (Å²) >= 11 is 4.57. The van der Waals surface area contributed by atoms with Crippen LogP contribution < -0.4 is 5.56 Å². The second-order valence-corrected chi connectivity index (χ2v) is 4.95. The van der Waals surface area contributed by atoms with Gasteiger partial charge in [0, 0.05) is 6.20 Å². The molecule has 4 nitrogen and oxygen atoms in total. The second-order valence-electron chi connectivity index (χ2n) is 3.04. The van der Waals surface area contributed by atoms with Crippen molar-refractivity contribution in [3.8, 4) is 0 Å². The zero-order valence-corrected chi connectivity index (χ0v) is 10.8. The number of H-pyrrole nitrogens is 1. The fraction of sp³-hybridized carbons (Fsp3) is 0.200. The van der Waals surface area contributed by atoms with E-state index >= 15 is 0 Å². The zero-order chi connectivity index (χ0) is 11.7. The van der Waals surface area contributed by atoms with Gasteiger partial charge in [0.2, 0.25) is 0 Å². The summed E-state index contributed by atoms with van der Waals surface area (Å²) in [6, 6.07) is 1.56. The maximum absolute atomic E-state index is 11.5. The molecule has 84 valence electrons. The van der Waals surface area contributed by atoms with Gasteiger partial charge in [-0.2, -0.15) is 0 Å². The highest BCUT2D eigenvalue weighted by molar-refractivity contribution is 9.10. The predicted octanol–water partition coefficient (Wildman–Crippen LogP) is 2.53. The van der Waals surface area contributed by atoms with Gasteiger partial charge < -0.3 is 9.72 Å². The van der Waals surface area contributed by atoms with E-state index in [1.807, 2.05) is 0 Å². The van der Waals surface area contributed by atoms with Crippen molar-refractivity contribution in [1.82, 2.24) is 4.98 Å². The van der Waals surface area contributed by atoms with Crippen LogP contribution in [0.2, 0.25) is 0 Å². The van der Waals surface area contributed by atoms with Gasteiger partial charge in [-0.3, -0.25) is 4.79 Å². The molecular formula is C10H8BrNO3S. The molecule has 0 saturated heterocycles. The van der Waals surface area contributed by atoms with Gasteiger partial charge in [-0.15, -0.1) is 11.3 Å². The van der Waals surface area contributed by atoms with Crippen LogP contribution in [0.5, 0.6) is 0 Å². The van der Waals surface area contributed by atoms with Crippen molar-refractivity contribution in [2.24, 2.45) is 0 Å². The van der Waals surface area contributed by atoms with Gasteiger partial charge in [0.1, 0.15) is 4.88 Å². The average Bonchev–Trinajstić information content (AvgIpc) is 2.70. The summed E-state index contributed by atoms with van der Waals surface area (Å²) in [5, 5.41) is 0.502. The van der Waals surface area contributed by atoms with Crippen LogP contribution in [0.1, 0.15) is 16.6 Å². The topological polar surface area (TPSA) is 59.2 Å². The van der Waals surface area contributed by atoms with Gasteiger partial charge in [-0.1, -0.05) is 0 Å². The number of aromatic amines is 1. The molecule has 2 aromatic rings. The van der Waals surface area contributed by atoms with Gasteiger partial charge in [-0.05, 0) is 28.9 Å². The fourth-order valence-electron chi connectivity index (χ4n) is 1.31. The van der Waals surface area contributed by atoms with Gasteiger partial charge in [0.25, 0.3) is 5.56 Å². The molecule has 0 amide bonds. The number of fused-ring (bicyclic) bond motifs is 1. The minimum absolute atomic E-state index is 0.204. The number of rotatable bonds is 2. The largest absolute Gasteiger partial charge is 0.462 e. The molecule has 2 heterocycles. The minimum Gasteiger partial charge on any atom is -0.462 e. The van der Waals surface area contributed by atoms with E-state index in [-0.39, 0.29) is 5.56 Å². The van der Waals surface area contributed by atoms with E-state index in [1.54, 1.807) is 19.2 Å². The van der Waals surface area contributed by atoms with Crippen LogP contribution in [0.3, 0.4) is 0 Å². The molecule has 0 aromatic carbocycles. The Morgan fingerprint density at radius 2 is 2.38 bits per heavy atom. The summed E-state index contributed by atoms with van der Waals surface area (Å²) in [6.07, 6.45) is 1.57. The van der Waals surface area contributed by atoms with E-state index in [9.17, 15) is 9.59 Å². The average molecular weight is 302 g/mol. The molecule has 0 aliphatic carbocycles. The number of thiophene rings is 1. The lowest BCUT2D eigenvalue weighted by Gasteiger charge is -1.95. The first-order valence-electron chi connectivity index (χ1n) is 4.61. The zero-order valence-electron chi connectivity index (χ0n) is 8.37. The minimum atomic E-state index is -0.394. The van der Waals surface area contributed by atoms with Crippen molar-refractivity contribution in [2.45, 2.75) is 6.92 Å². The molecule has 0 fully saturated rings. The molecular weight excluding hydrogens is 294 g/mol. The van der Waals surface area contributed by atoms with Crippen LogP contribution in [0.25, 0.3) is 10.1 Å². The van der Waals surface area contributed by atoms with E-state index in [2.05, 4.69) is 20.9 Å². The highest BCUT2D eigenvalue weighted by atomic mass is 79.9. The van der Waals surface area contributed by atoms with Crippen molar-refractivity contribution in [3.63, 3.8) is 0 Å². The Labute approximate surface area is 103 Å². The Bertz CT molecular complexity index is 602. The molecule has 0 unspecified atom stereocenters. The van der Waals surface area contributed by atoms with Crippen molar-refractivity contribution < 1.29 is 9.53 Å². The third-order valence-electron chi connectivity index (χ3n) is 2.00. The van der Waals surface area contributed by atoms with E-state index < -0.39 is 5.97 Å². The van der Waals surface area contributed by atoms with E-state index in [1.165, 1.54) is 11.3 Å². The molecule has 1 N–H and O–H groups in total. The number of aromatic nitrogens is 1. The molecule has 16 heavy (non-hydrogen) atoms. The normalized spacial score (nSPS) is 10.6. The number of carbonyl (C=O) groups is 1. The van der Waals surface area contributed by atoms with Crippen molar-refractivity contribution in [2.75, 3.05) is 6.61 Å². The highest BCUT2D eigenvalue weighted by Crippen LogP contribution is 2.29. The van der Waals surface area contributed by atoms with Gasteiger partial charge in [0.05, 0.1) is 21.2 Å². The molecule has 2 rings (SSSR count). The van der Waals surface area contributed by atoms with Crippen LogP contribution in [0, 0.1) is 0 Å². The first-order valence-corrected chi connectivity index (χ1v) is 6.22. The molecule has 0 bridgehead atoms. The summed E-state index contributed by atoms with van der Waals surface area (Å²) in [5.74, 6) is -0.394. The number of carbonyl (C=O) groups excluding carboxylic acids is 1. The lowest BCUT2D eigenvalue weighted by Crippen LogP contribution is -2.04. The van der Waals surface area contributed by atoms with Gasteiger partial charge in [0.15, 0.2) is 0 Å². The molecule has 0 atom stereocenters. The quantitative estimate of drug-likeness (QED) is 0.867. The molecule has 0 spiro atoms. The van der Waals surface area contributed by atoms with E-state index in [4.69, 9.17) is 4.74 Å². The number of esters is 1. The summed E-state index contributed by atoms with van der Waals surface area (Å²) in [4.78, 5) is 26.0. The first kappa shape index (κ1) is 11.3. The molecule has 0 radical (unpaired) electrons. The van der Waals surface area contributed by atoms with Gasteiger partial charge >= 0.3 is 5.97 Å². The van der Waals surface area contributed by atoms with E-state index in [0.717, 1.165) is 9.17 Å². The molecule has 6 heteroatoms.